The second-order valence-electron chi connectivity index (χ2n) is 4.05. The fraction of sp³-hybridized carbons (Fsp3) is 0.111. The Bertz CT molecular complexity index is 635. The van der Waals surface area contributed by atoms with Crippen molar-refractivity contribution in [1.29, 1.82) is 0 Å². The first-order valence-electron chi connectivity index (χ1n) is 6.25. The summed E-state index contributed by atoms with van der Waals surface area (Å²) in [5.41, 5.74) is 3.10. The summed E-state index contributed by atoms with van der Waals surface area (Å²) >= 11 is 0. The first-order valence-corrected chi connectivity index (χ1v) is 6.25. The quantitative estimate of drug-likeness (QED) is 0.206. The van der Waals surface area contributed by atoms with Crippen molar-refractivity contribution in [3.8, 4) is 0 Å². The van der Waals surface area contributed by atoms with Crippen LogP contribution >= 0.6 is 0 Å². The van der Waals surface area contributed by atoms with E-state index in [1.807, 2.05) is 61.5 Å². The summed E-state index contributed by atoms with van der Waals surface area (Å²) in [6, 6.07) is 17.6. The van der Waals surface area contributed by atoms with Crippen LogP contribution in [0.2, 0.25) is 0 Å². The molecule has 0 heterocycles. The largest absolute Gasteiger partial charge is 0 e. The van der Waals surface area contributed by atoms with Crippen LogP contribution in [0.1, 0.15) is 16.7 Å². The average Bonchev–Trinajstić information content (AvgIpc) is 2.63. The SMILES string of the molecule is Cc1ccccc1/C=[N+](\[O-])Cc1ccccc1.[C-]#[O+].[C-]#[O+].[C-]#[O+].[Cr]. The molecule has 2 rings (SSSR count). The molecule has 0 aliphatic carbocycles. The van der Waals surface area contributed by atoms with Crippen molar-refractivity contribution in [2.75, 3.05) is 0 Å². The Kier molecular flexibility index (Phi) is 20.7. The predicted molar refractivity (Wildman–Crippen MR) is 81.9 cm³/mol. The number of rotatable bonds is 3. The summed E-state index contributed by atoms with van der Waals surface area (Å²) in [5, 5.41) is 11.8. The number of nitrogens with zero attached hydrogens (tertiary/aromatic N) is 1. The number of benzene rings is 2. The van der Waals surface area contributed by atoms with Gasteiger partial charge >= 0.3 is 33.9 Å². The van der Waals surface area contributed by atoms with Crippen LogP contribution in [0.5, 0.6) is 0 Å². The molecular weight excluding hydrogens is 346 g/mol. The first-order chi connectivity index (χ1) is 11.3. The minimum absolute atomic E-state index is 0. The summed E-state index contributed by atoms with van der Waals surface area (Å²) in [6.45, 7) is 15.9. The fourth-order valence-corrected chi connectivity index (χ4v) is 1.70. The number of hydroxylamine groups is 1. The Labute approximate surface area is 152 Å². The molecule has 0 amide bonds. The third-order valence-electron chi connectivity index (χ3n) is 2.65. The van der Waals surface area contributed by atoms with E-state index in [0.717, 1.165) is 21.4 Å². The molecule has 0 atom stereocenters. The van der Waals surface area contributed by atoms with Crippen LogP contribution in [0.3, 0.4) is 0 Å². The molecule has 122 valence electrons. The maximum atomic E-state index is 11.8. The van der Waals surface area contributed by atoms with E-state index < -0.39 is 0 Å². The van der Waals surface area contributed by atoms with Gasteiger partial charge in [0.25, 0.3) is 0 Å². The van der Waals surface area contributed by atoms with Crippen molar-refractivity contribution in [2.45, 2.75) is 13.5 Å². The molecule has 0 bridgehead atoms. The monoisotopic (exact) mass is 361 g/mol. The van der Waals surface area contributed by atoms with Crippen molar-refractivity contribution >= 4 is 6.21 Å². The van der Waals surface area contributed by atoms with Gasteiger partial charge in [0.1, 0.15) is 0 Å². The van der Waals surface area contributed by atoms with Crippen molar-refractivity contribution < 1.29 is 36.1 Å². The van der Waals surface area contributed by atoms with Crippen molar-refractivity contribution in [3.63, 3.8) is 0 Å². The normalized spacial score (nSPS) is 8.38. The molecule has 0 N–H and O–H groups in total. The second kappa shape index (κ2) is 18.7. The molecule has 0 aliphatic heterocycles. The average molecular weight is 361 g/mol. The van der Waals surface area contributed by atoms with E-state index in [2.05, 4.69) is 20.0 Å². The van der Waals surface area contributed by atoms with Crippen LogP contribution in [0.25, 0.3) is 0 Å². The fourth-order valence-electron chi connectivity index (χ4n) is 1.70. The van der Waals surface area contributed by atoms with E-state index in [1.165, 1.54) is 0 Å². The molecular formula is C18H15CrNO4. The predicted octanol–water partition coefficient (Wildman–Crippen LogP) is 3.01. The van der Waals surface area contributed by atoms with Crippen LogP contribution in [-0.2, 0) is 37.9 Å². The number of hydrogen-bond acceptors (Lipinski definition) is 1. The third-order valence-corrected chi connectivity index (χ3v) is 2.65. The Hall–Kier alpha value is -2.34. The van der Waals surface area contributed by atoms with Gasteiger partial charge < -0.3 is 5.21 Å². The van der Waals surface area contributed by atoms with E-state index in [-0.39, 0.29) is 17.4 Å². The van der Waals surface area contributed by atoms with Gasteiger partial charge in [0.15, 0.2) is 12.8 Å². The molecule has 2 aromatic rings. The number of aryl methyl sites for hydroxylation is 1. The van der Waals surface area contributed by atoms with E-state index >= 15 is 0 Å². The van der Waals surface area contributed by atoms with Crippen LogP contribution < -0.4 is 0 Å². The maximum absolute atomic E-state index is 11.8. The third kappa shape index (κ3) is 11.3. The van der Waals surface area contributed by atoms with E-state index in [4.69, 9.17) is 14.0 Å². The van der Waals surface area contributed by atoms with Gasteiger partial charge in [-0.25, -0.2) is 4.74 Å². The van der Waals surface area contributed by atoms with Gasteiger partial charge in [-0.15, -0.1) is 0 Å². The van der Waals surface area contributed by atoms with Gasteiger partial charge in [0.2, 0.25) is 0 Å². The summed E-state index contributed by atoms with van der Waals surface area (Å²) < 4.78 is 23.5. The second-order valence-corrected chi connectivity index (χ2v) is 4.05. The molecule has 0 unspecified atom stereocenters. The Morgan fingerprint density at radius 1 is 0.875 bits per heavy atom. The summed E-state index contributed by atoms with van der Waals surface area (Å²) in [6.07, 6.45) is 1.64. The topological polar surface area (TPSA) is 85.8 Å². The summed E-state index contributed by atoms with van der Waals surface area (Å²) in [7, 11) is 0. The molecule has 6 heteroatoms. The minimum atomic E-state index is 0. The van der Waals surface area contributed by atoms with Crippen LogP contribution in [0.4, 0.5) is 0 Å². The zero-order chi connectivity index (χ0) is 18.1. The van der Waals surface area contributed by atoms with E-state index in [1.54, 1.807) is 6.21 Å². The summed E-state index contributed by atoms with van der Waals surface area (Å²) in [5.74, 6) is 0. The molecule has 0 radical (unpaired) electrons. The van der Waals surface area contributed by atoms with Gasteiger partial charge in [-0.3, -0.25) is 0 Å². The first kappa shape index (κ1) is 26.6. The molecule has 0 aliphatic rings. The Morgan fingerprint density at radius 2 is 1.33 bits per heavy atom. The molecule has 0 saturated carbocycles. The zero-order valence-electron chi connectivity index (χ0n) is 13.0. The van der Waals surface area contributed by atoms with Gasteiger partial charge in [-0.05, 0) is 18.6 Å². The molecule has 0 aromatic heterocycles. The van der Waals surface area contributed by atoms with Crippen LogP contribution in [0, 0.1) is 32.1 Å². The molecule has 0 fully saturated rings. The molecule has 5 nitrogen and oxygen atoms in total. The maximum Gasteiger partial charge on any atom is 0 e. The molecule has 0 spiro atoms. The van der Waals surface area contributed by atoms with Crippen molar-refractivity contribution in [3.05, 3.63) is 96.4 Å². The smallest absolute Gasteiger partial charge is 0 e. The molecule has 2 aromatic carbocycles. The van der Waals surface area contributed by atoms with Gasteiger partial charge in [0, 0.05) is 28.5 Å². The van der Waals surface area contributed by atoms with Crippen LogP contribution in [-0.4, -0.2) is 11.0 Å². The Morgan fingerprint density at radius 3 is 1.83 bits per heavy atom. The Balaban J connectivity index is -0.000000569. The van der Waals surface area contributed by atoms with E-state index in [9.17, 15) is 5.21 Å². The van der Waals surface area contributed by atoms with Crippen molar-refractivity contribution in [2.24, 2.45) is 0 Å². The molecule has 24 heavy (non-hydrogen) atoms. The number of hydrogen-bond donors (Lipinski definition) is 0. The summed E-state index contributed by atoms with van der Waals surface area (Å²) in [4.78, 5) is 0. The van der Waals surface area contributed by atoms with E-state index in [0.29, 0.717) is 6.54 Å². The van der Waals surface area contributed by atoms with Gasteiger partial charge in [-0.2, -0.15) is 0 Å². The zero-order valence-corrected chi connectivity index (χ0v) is 14.2. The van der Waals surface area contributed by atoms with Crippen LogP contribution in [0.15, 0.2) is 54.6 Å². The van der Waals surface area contributed by atoms with Gasteiger partial charge in [0.05, 0.1) is 0 Å². The van der Waals surface area contributed by atoms with Crippen molar-refractivity contribution in [1.82, 2.24) is 0 Å². The molecule has 0 saturated heterocycles. The minimum Gasteiger partial charge on any atom is 0 e. The standard InChI is InChI=1S/C15H15NO.3CO.Cr/c1-13-7-5-6-10-15(13)12-16(17)11-14-8-3-2-4-9-14;3*1-2;/h2-10,12H,11H2,1H3;;;;/b16-12-;;;;. The van der Waals surface area contributed by atoms with Gasteiger partial charge in [-0.1, -0.05) is 48.5 Å².